The van der Waals surface area contributed by atoms with E-state index < -0.39 is 17.5 Å². The molecule has 2 fully saturated rings. The van der Waals surface area contributed by atoms with Crippen molar-refractivity contribution in [3.05, 3.63) is 48.3 Å². The van der Waals surface area contributed by atoms with Crippen LogP contribution in [0.1, 0.15) is 38.2 Å². The van der Waals surface area contributed by atoms with Gasteiger partial charge < -0.3 is 10.6 Å². The molecule has 0 bridgehead atoms. The van der Waals surface area contributed by atoms with Gasteiger partial charge in [-0.05, 0) is 55.4 Å². The van der Waals surface area contributed by atoms with Gasteiger partial charge in [-0.1, -0.05) is 19.1 Å². The maximum atomic E-state index is 12.9. The molecular formula is C21H25N5O3. The second kappa shape index (κ2) is 7.69. The quantitative estimate of drug-likeness (QED) is 0.760. The summed E-state index contributed by atoms with van der Waals surface area (Å²) in [7, 11) is 0. The number of hydrogen-bond donors (Lipinski definition) is 2. The normalized spacial score (nSPS) is 24.0. The molecule has 2 aromatic rings. The Morgan fingerprint density at radius 1 is 1.28 bits per heavy atom. The van der Waals surface area contributed by atoms with E-state index in [4.69, 9.17) is 0 Å². The lowest BCUT2D eigenvalue weighted by atomic mass is 9.77. The Labute approximate surface area is 169 Å². The molecule has 1 saturated heterocycles. The standard InChI is InChI=1S/C21H25N5O3/c1-15-6-8-21(9-7-15)19(28)26(20(29)24-21)14-18(27)23-17-5-2-4-16(12-17)13-25-11-3-10-22-25/h2-5,10-12,15H,6-9,13-14H2,1H3,(H,23,27)(H,24,29). The highest BCUT2D eigenvalue weighted by atomic mass is 16.2. The number of aromatic nitrogens is 2. The van der Waals surface area contributed by atoms with Crippen LogP contribution in [0.5, 0.6) is 0 Å². The number of hydrogen-bond acceptors (Lipinski definition) is 4. The molecule has 8 nitrogen and oxygen atoms in total. The van der Waals surface area contributed by atoms with Gasteiger partial charge in [-0.25, -0.2) is 4.79 Å². The zero-order valence-corrected chi connectivity index (χ0v) is 16.4. The van der Waals surface area contributed by atoms with E-state index in [1.807, 2.05) is 30.5 Å². The highest BCUT2D eigenvalue weighted by molar-refractivity contribution is 6.10. The van der Waals surface area contributed by atoms with E-state index in [9.17, 15) is 14.4 Å². The third-order valence-corrected chi connectivity index (χ3v) is 5.79. The van der Waals surface area contributed by atoms with E-state index in [-0.39, 0.29) is 12.5 Å². The Morgan fingerprint density at radius 2 is 2.07 bits per heavy atom. The van der Waals surface area contributed by atoms with Gasteiger partial charge in [-0.2, -0.15) is 5.10 Å². The first-order chi connectivity index (χ1) is 13.9. The minimum atomic E-state index is -0.826. The van der Waals surface area contributed by atoms with Gasteiger partial charge in [0.15, 0.2) is 0 Å². The molecule has 1 aromatic carbocycles. The lowest BCUT2D eigenvalue weighted by molar-refractivity contribution is -0.135. The summed E-state index contributed by atoms with van der Waals surface area (Å²) in [6, 6.07) is 8.80. The van der Waals surface area contributed by atoms with Crippen LogP contribution in [0.25, 0.3) is 0 Å². The molecular weight excluding hydrogens is 370 g/mol. The van der Waals surface area contributed by atoms with Gasteiger partial charge in [0, 0.05) is 18.1 Å². The summed E-state index contributed by atoms with van der Waals surface area (Å²) in [5.41, 5.74) is 0.776. The van der Waals surface area contributed by atoms with Crippen LogP contribution < -0.4 is 10.6 Å². The summed E-state index contributed by atoms with van der Waals surface area (Å²) in [5.74, 6) is -0.125. The predicted molar refractivity (Wildman–Crippen MR) is 107 cm³/mol. The Morgan fingerprint density at radius 3 is 2.79 bits per heavy atom. The van der Waals surface area contributed by atoms with Gasteiger partial charge >= 0.3 is 6.03 Å². The molecule has 0 unspecified atom stereocenters. The highest BCUT2D eigenvalue weighted by Gasteiger charge is 2.52. The van der Waals surface area contributed by atoms with Crippen molar-refractivity contribution in [2.75, 3.05) is 11.9 Å². The maximum absolute atomic E-state index is 12.9. The van der Waals surface area contributed by atoms with Crippen LogP contribution >= 0.6 is 0 Å². The van der Waals surface area contributed by atoms with E-state index in [1.54, 1.807) is 16.9 Å². The van der Waals surface area contributed by atoms with Crippen LogP contribution in [0.4, 0.5) is 10.5 Å². The smallest absolute Gasteiger partial charge is 0.325 e. The first-order valence-electron chi connectivity index (χ1n) is 9.95. The molecule has 4 amide bonds. The number of nitrogens with zero attached hydrogens (tertiary/aromatic N) is 3. The molecule has 1 aliphatic heterocycles. The summed E-state index contributed by atoms with van der Waals surface area (Å²) in [6.07, 6.45) is 6.64. The highest BCUT2D eigenvalue weighted by Crippen LogP contribution is 2.36. The van der Waals surface area contributed by atoms with Crippen molar-refractivity contribution in [3.8, 4) is 0 Å². The fourth-order valence-corrected chi connectivity index (χ4v) is 4.09. The van der Waals surface area contributed by atoms with Crippen molar-refractivity contribution in [2.45, 2.75) is 44.7 Å². The predicted octanol–water partition coefficient (Wildman–Crippen LogP) is 2.37. The number of rotatable bonds is 5. The van der Waals surface area contributed by atoms with Gasteiger partial charge in [0.05, 0.1) is 6.54 Å². The second-order valence-corrected chi connectivity index (χ2v) is 8.04. The zero-order valence-electron chi connectivity index (χ0n) is 16.4. The lowest BCUT2D eigenvalue weighted by Crippen LogP contribution is -2.49. The number of urea groups is 1. The minimum absolute atomic E-state index is 0.281. The SMILES string of the molecule is CC1CCC2(CC1)NC(=O)N(CC(=O)Nc1cccc(Cn3cccn3)c1)C2=O. The molecule has 1 aromatic heterocycles. The van der Waals surface area contributed by atoms with Crippen LogP contribution in [-0.4, -0.2) is 44.6 Å². The topological polar surface area (TPSA) is 96.3 Å². The fraction of sp³-hybridized carbons (Fsp3) is 0.429. The van der Waals surface area contributed by atoms with Crippen molar-refractivity contribution >= 4 is 23.5 Å². The average molecular weight is 395 g/mol. The number of benzene rings is 1. The largest absolute Gasteiger partial charge is 0.325 e. The molecule has 2 aliphatic rings. The van der Waals surface area contributed by atoms with Gasteiger partial charge in [0.2, 0.25) is 5.91 Å². The van der Waals surface area contributed by atoms with E-state index in [0.29, 0.717) is 31.0 Å². The van der Waals surface area contributed by atoms with Gasteiger partial charge in [0.25, 0.3) is 5.91 Å². The summed E-state index contributed by atoms with van der Waals surface area (Å²) in [4.78, 5) is 38.8. The van der Waals surface area contributed by atoms with Crippen molar-refractivity contribution < 1.29 is 14.4 Å². The molecule has 8 heteroatoms. The molecule has 1 aliphatic carbocycles. The van der Waals surface area contributed by atoms with Crippen molar-refractivity contribution in [1.82, 2.24) is 20.0 Å². The molecule has 2 heterocycles. The second-order valence-electron chi connectivity index (χ2n) is 8.04. The fourth-order valence-electron chi connectivity index (χ4n) is 4.09. The molecule has 1 spiro atoms. The molecule has 152 valence electrons. The number of amides is 4. The van der Waals surface area contributed by atoms with Crippen molar-refractivity contribution in [1.29, 1.82) is 0 Å². The Bertz CT molecular complexity index is 916. The Balaban J connectivity index is 1.38. The first-order valence-corrected chi connectivity index (χ1v) is 9.95. The number of carbonyl (C=O) groups excluding carboxylic acids is 3. The maximum Gasteiger partial charge on any atom is 0.325 e. The monoisotopic (exact) mass is 395 g/mol. The third-order valence-electron chi connectivity index (χ3n) is 5.79. The minimum Gasteiger partial charge on any atom is -0.325 e. The number of anilines is 1. The molecule has 0 atom stereocenters. The Hall–Kier alpha value is -3.16. The van der Waals surface area contributed by atoms with Crippen molar-refractivity contribution in [2.24, 2.45) is 5.92 Å². The van der Waals surface area contributed by atoms with Gasteiger partial charge in [-0.15, -0.1) is 0 Å². The van der Waals surface area contributed by atoms with Crippen LogP contribution in [0.15, 0.2) is 42.7 Å². The Kier molecular flexibility index (Phi) is 5.08. The summed E-state index contributed by atoms with van der Waals surface area (Å²) < 4.78 is 1.79. The number of imide groups is 1. The van der Waals surface area contributed by atoms with E-state index in [1.165, 1.54) is 0 Å². The molecule has 29 heavy (non-hydrogen) atoms. The summed E-state index contributed by atoms with van der Waals surface area (Å²) in [6.45, 7) is 2.45. The molecule has 0 radical (unpaired) electrons. The average Bonchev–Trinajstić information content (AvgIpc) is 3.27. The van der Waals surface area contributed by atoms with Crippen LogP contribution in [0.3, 0.4) is 0 Å². The third kappa shape index (κ3) is 4.01. The molecule has 2 N–H and O–H groups in total. The number of nitrogens with one attached hydrogen (secondary N) is 2. The zero-order chi connectivity index (χ0) is 20.4. The summed E-state index contributed by atoms with van der Waals surface area (Å²) in [5, 5.41) is 9.80. The van der Waals surface area contributed by atoms with Crippen LogP contribution in [0.2, 0.25) is 0 Å². The van der Waals surface area contributed by atoms with E-state index in [2.05, 4.69) is 22.7 Å². The van der Waals surface area contributed by atoms with Gasteiger partial charge in [-0.3, -0.25) is 19.2 Å². The van der Waals surface area contributed by atoms with Crippen LogP contribution in [-0.2, 0) is 16.1 Å². The lowest BCUT2D eigenvalue weighted by Gasteiger charge is -2.33. The van der Waals surface area contributed by atoms with Crippen molar-refractivity contribution in [3.63, 3.8) is 0 Å². The molecule has 1 saturated carbocycles. The van der Waals surface area contributed by atoms with E-state index in [0.717, 1.165) is 23.3 Å². The number of carbonyl (C=O) groups is 3. The van der Waals surface area contributed by atoms with Crippen LogP contribution in [0, 0.1) is 5.92 Å². The van der Waals surface area contributed by atoms with E-state index >= 15 is 0 Å². The first kappa shape index (κ1) is 19.2. The summed E-state index contributed by atoms with van der Waals surface area (Å²) >= 11 is 0. The van der Waals surface area contributed by atoms with Gasteiger partial charge in [0.1, 0.15) is 12.1 Å². The molecule has 4 rings (SSSR count).